The highest BCUT2D eigenvalue weighted by Crippen LogP contribution is 2.21. The summed E-state index contributed by atoms with van der Waals surface area (Å²) in [7, 11) is 1.66. The average Bonchev–Trinajstić information content (AvgIpc) is 3.21. The van der Waals surface area contributed by atoms with E-state index in [1.54, 1.807) is 7.11 Å². The highest BCUT2D eigenvalue weighted by Gasteiger charge is 2.25. The van der Waals surface area contributed by atoms with Crippen molar-refractivity contribution in [3.8, 4) is 5.75 Å². The number of aliphatic hydroxyl groups is 1. The molecular formula is C24H29ClN2O3. The molecule has 1 aliphatic heterocycles. The topological polar surface area (TPSA) is 54.3 Å². The van der Waals surface area contributed by atoms with Gasteiger partial charge in [0.15, 0.2) is 0 Å². The van der Waals surface area contributed by atoms with Crippen molar-refractivity contribution in [2.24, 2.45) is 5.16 Å². The largest absolute Gasteiger partial charge is 0.497 e. The molecule has 2 aromatic rings. The van der Waals surface area contributed by atoms with Crippen LogP contribution in [0, 0.1) is 0 Å². The minimum Gasteiger partial charge on any atom is -0.497 e. The van der Waals surface area contributed by atoms with Crippen molar-refractivity contribution in [1.29, 1.82) is 0 Å². The zero-order valence-electron chi connectivity index (χ0n) is 17.3. The van der Waals surface area contributed by atoms with E-state index in [1.807, 2.05) is 48.5 Å². The number of aliphatic hydroxyl groups excluding tert-OH is 1. The molecule has 0 saturated heterocycles. The van der Waals surface area contributed by atoms with Gasteiger partial charge in [0.2, 0.25) is 0 Å². The van der Waals surface area contributed by atoms with Crippen LogP contribution in [0.1, 0.15) is 30.4 Å². The van der Waals surface area contributed by atoms with Crippen LogP contribution >= 0.6 is 11.6 Å². The van der Waals surface area contributed by atoms with Crippen molar-refractivity contribution in [2.45, 2.75) is 38.0 Å². The maximum Gasteiger partial charge on any atom is 0.145 e. The third-order valence-corrected chi connectivity index (χ3v) is 5.34. The number of benzene rings is 2. The number of oxime groups is 1. The quantitative estimate of drug-likeness (QED) is 0.528. The van der Waals surface area contributed by atoms with Gasteiger partial charge in [-0.3, -0.25) is 4.90 Å². The summed E-state index contributed by atoms with van der Waals surface area (Å²) in [4.78, 5) is 7.93. The van der Waals surface area contributed by atoms with E-state index >= 15 is 0 Å². The molecule has 0 spiro atoms. The lowest BCUT2D eigenvalue weighted by Crippen LogP contribution is -2.37. The Kier molecular flexibility index (Phi) is 8.31. The van der Waals surface area contributed by atoms with Gasteiger partial charge in [-0.05, 0) is 48.2 Å². The van der Waals surface area contributed by atoms with Crippen LogP contribution < -0.4 is 4.74 Å². The van der Waals surface area contributed by atoms with Gasteiger partial charge in [0.05, 0.1) is 18.9 Å². The Morgan fingerprint density at radius 2 is 2.13 bits per heavy atom. The summed E-state index contributed by atoms with van der Waals surface area (Å²) in [5.41, 5.74) is 3.07. The number of rotatable bonds is 11. The normalized spacial score (nSPS) is 16.8. The van der Waals surface area contributed by atoms with Gasteiger partial charge in [-0.15, -0.1) is 6.58 Å². The van der Waals surface area contributed by atoms with Crippen LogP contribution in [-0.4, -0.2) is 48.1 Å². The molecule has 0 aromatic heterocycles. The van der Waals surface area contributed by atoms with Gasteiger partial charge < -0.3 is 14.7 Å². The first-order valence-corrected chi connectivity index (χ1v) is 10.6. The van der Waals surface area contributed by atoms with E-state index in [4.69, 9.17) is 21.2 Å². The molecule has 1 aliphatic rings. The summed E-state index contributed by atoms with van der Waals surface area (Å²) in [5, 5.41) is 15.4. The van der Waals surface area contributed by atoms with Gasteiger partial charge in [0, 0.05) is 31.1 Å². The maximum absolute atomic E-state index is 10.5. The third-order valence-electron chi connectivity index (χ3n) is 5.09. The number of hydrogen-bond acceptors (Lipinski definition) is 5. The Labute approximate surface area is 183 Å². The highest BCUT2D eigenvalue weighted by molar-refractivity contribution is 6.30. The van der Waals surface area contributed by atoms with Crippen molar-refractivity contribution >= 4 is 17.3 Å². The first-order chi connectivity index (χ1) is 14.6. The summed E-state index contributed by atoms with van der Waals surface area (Å²) in [5.74, 6) is 0.824. The molecule has 5 nitrogen and oxygen atoms in total. The third kappa shape index (κ3) is 6.59. The first-order valence-electron chi connectivity index (χ1n) is 10.2. The fourth-order valence-electron chi connectivity index (χ4n) is 3.56. The number of nitrogens with zero attached hydrogens (tertiary/aromatic N) is 2. The number of hydrogen-bond donors (Lipinski definition) is 1. The van der Waals surface area contributed by atoms with E-state index in [0.29, 0.717) is 31.1 Å². The zero-order chi connectivity index (χ0) is 21.3. The Hall–Kier alpha value is -2.34. The molecule has 0 fully saturated rings. The molecule has 0 unspecified atom stereocenters. The minimum atomic E-state index is -0.424. The molecule has 0 radical (unpaired) electrons. The van der Waals surface area contributed by atoms with Crippen molar-refractivity contribution in [2.75, 3.05) is 20.2 Å². The molecule has 1 N–H and O–H groups in total. The van der Waals surface area contributed by atoms with Gasteiger partial charge in [0.25, 0.3) is 0 Å². The van der Waals surface area contributed by atoms with Crippen molar-refractivity contribution in [1.82, 2.24) is 4.90 Å². The molecule has 0 amide bonds. The van der Waals surface area contributed by atoms with Gasteiger partial charge in [-0.2, -0.15) is 0 Å². The summed E-state index contributed by atoms with van der Waals surface area (Å²) >= 11 is 5.98. The van der Waals surface area contributed by atoms with Gasteiger partial charge in [-0.1, -0.05) is 47.1 Å². The van der Waals surface area contributed by atoms with Crippen LogP contribution in [0.5, 0.6) is 5.75 Å². The molecule has 3 rings (SSSR count). The molecule has 0 aliphatic carbocycles. The number of methoxy groups -OCH3 is 1. The molecule has 160 valence electrons. The Bertz CT molecular complexity index is 854. The van der Waals surface area contributed by atoms with E-state index in [2.05, 4.69) is 22.7 Å². The summed E-state index contributed by atoms with van der Waals surface area (Å²) < 4.78 is 5.34. The van der Waals surface area contributed by atoms with Crippen LogP contribution in [0.15, 0.2) is 66.3 Å². The predicted molar refractivity (Wildman–Crippen MR) is 121 cm³/mol. The smallest absolute Gasteiger partial charge is 0.145 e. The molecule has 2 aromatic carbocycles. The Morgan fingerprint density at radius 1 is 1.33 bits per heavy atom. The predicted octanol–water partition coefficient (Wildman–Crippen LogP) is 4.67. The van der Waals surface area contributed by atoms with Gasteiger partial charge >= 0.3 is 0 Å². The fraction of sp³-hybridized carbons (Fsp3) is 0.375. The van der Waals surface area contributed by atoms with Crippen LogP contribution in [-0.2, 0) is 11.4 Å². The lowest BCUT2D eigenvalue weighted by molar-refractivity contribution is 0.0308. The molecular weight excluding hydrogens is 400 g/mol. The summed E-state index contributed by atoms with van der Waals surface area (Å²) in [6.45, 7) is 5.66. The second-order valence-electron chi connectivity index (χ2n) is 7.54. The molecule has 0 saturated carbocycles. The second kappa shape index (κ2) is 11.2. The molecule has 0 bridgehead atoms. The highest BCUT2D eigenvalue weighted by atomic mass is 35.5. The number of halogens is 1. The van der Waals surface area contributed by atoms with Crippen molar-refractivity contribution in [3.05, 3.63) is 77.3 Å². The SMILES string of the molecule is C=CCC[C@@H](O)CN(Cc1cccc(OC)c1)C[C@@H]1CC(c2ccc(Cl)cc2)=NO1. The zero-order valence-corrected chi connectivity index (χ0v) is 18.1. The fourth-order valence-corrected chi connectivity index (χ4v) is 3.69. The lowest BCUT2D eigenvalue weighted by atomic mass is 10.0. The van der Waals surface area contributed by atoms with Crippen LogP contribution in [0.25, 0.3) is 0 Å². The minimum absolute atomic E-state index is 0.0621. The van der Waals surface area contributed by atoms with E-state index in [9.17, 15) is 5.11 Å². The first kappa shape index (κ1) is 22.3. The summed E-state index contributed by atoms with van der Waals surface area (Å²) in [6.07, 6.45) is 3.55. The standard InChI is InChI=1S/C24H29ClN2O3/c1-3-4-7-21(28)16-27(15-18-6-5-8-22(13-18)29-2)17-23-14-24(26-30-23)19-9-11-20(25)12-10-19/h3,5-6,8-13,21,23,28H,1,4,7,14-17H2,2H3/t21-,23+/m1/s1. The summed E-state index contributed by atoms with van der Waals surface area (Å²) in [6, 6.07) is 15.6. The van der Waals surface area contributed by atoms with E-state index in [0.717, 1.165) is 35.4 Å². The Balaban J connectivity index is 1.64. The van der Waals surface area contributed by atoms with E-state index in [1.165, 1.54) is 0 Å². The molecule has 1 heterocycles. The molecule has 30 heavy (non-hydrogen) atoms. The van der Waals surface area contributed by atoms with Gasteiger partial charge in [0.1, 0.15) is 11.9 Å². The monoisotopic (exact) mass is 428 g/mol. The van der Waals surface area contributed by atoms with E-state index < -0.39 is 6.10 Å². The van der Waals surface area contributed by atoms with Crippen LogP contribution in [0.4, 0.5) is 0 Å². The Morgan fingerprint density at radius 3 is 2.87 bits per heavy atom. The van der Waals surface area contributed by atoms with Gasteiger partial charge in [-0.25, -0.2) is 0 Å². The number of ether oxygens (including phenoxy) is 1. The van der Waals surface area contributed by atoms with E-state index in [-0.39, 0.29) is 6.10 Å². The maximum atomic E-state index is 10.5. The lowest BCUT2D eigenvalue weighted by Gasteiger charge is -2.27. The van der Waals surface area contributed by atoms with Crippen molar-refractivity contribution in [3.63, 3.8) is 0 Å². The van der Waals surface area contributed by atoms with Crippen LogP contribution in [0.3, 0.4) is 0 Å². The molecule has 2 atom stereocenters. The van der Waals surface area contributed by atoms with Crippen molar-refractivity contribution < 1.29 is 14.7 Å². The second-order valence-corrected chi connectivity index (χ2v) is 7.98. The van der Waals surface area contributed by atoms with Crippen LogP contribution in [0.2, 0.25) is 5.02 Å². The number of allylic oxidation sites excluding steroid dienone is 1. The average molecular weight is 429 g/mol. The molecule has 6 heteroatoms.